The van der Waals surface area contributed by atoms with Crippen molar-refractivity contribution in [3.05, 3.63) is 40.1 Å². The smallest absolute Gasteiger partial charge is 0.354 e. The Morgan fingerprint density at radius 1 is 1.18 bits per heavy atom. The van der Waals surface area contributed by atoms with Crippen LogP contribution in [-0.2, 0) is 23.9 Å². The number of hydrogen-bond donors (Lipinski definition) is 2. The maximum absolute atomic E-state index is 12.7. The van der Waals surface area contributed by atoms with Crippen molar-refractivity contribution >= 4 is 46.9 Å². The van der Waals surface area contributed by atoms with E-state index in [1.165, 1.54) is 0 Å². The molecule has 3 amide bonds. The van der Waals surface area contributed by atoms with Gasteiger partial charge in [-0.1, -0.05) is 24.6 Å². The molecule has 2 aliphatic rings. The molecule has 2 heterocycles. The van der Waals surface area contributed by atoms with Crippen LogP contribution < -0.4 is 15.6 Å². The zero-order valence-corrected chi connectivity index (χ0v) is 19.3. The molecule has 2 aliphatic heterocycles. The van der Waals surface area contributed by atoms with Gasteiger partial charge in [-0.3, -0.25) is 4.79 Å². The van der Waals surface area contributed by atoms with E-state index >= 15 is 0 Å². The molecule has 3 rings (SSSR count). The molecule has 0 spiro atoms. The van der Waals surface area contributed by atoms with Crippen LogP contribution in [0.15, 0.2) is 34.6 Å². The molecule has 33 heavy (non-hydrogen) atoms. The Morgan fingerprint density at radius 3 is 2.61 bits per heavy atom. The first-order valence-corrected chi connectivity index (χ1v) is 10.9. The minimum atomic E-state index is -0.762. The number of nitrogens with zero attached hydrogens (tertiary/aromatic N) is 2. The molecule has 0 fully saturated rings. The highest BCUT2D eigenvalue weighted by atomic mass is 35.5. The number of aryl methyl sites for hydroxylation is 1. The second-order valence-electron chi connectivity index (χ2n) is 7.43. The van der Waals surface area contributed by atoms with Crippen molar-refractivity contribution in [2.75, 3.05) is 18.2 Å². The zero-order chi connectivity index (χ0) is 24.1. The fraction of sp³-hybridized carbons (Fsp3) is 0.409. The number of benzene rings is 1. The lowest BCUT2D eigenvalue weighted by molar-refractivity contribution is -0.140. The molecule has 1 aromatic carbocycles. The van der Waals surface area contributed by atoms with Crippen LogP contribution >= 0.6 is 11.6 Å². The van der Waals surface area contributed by atoms with E-state index in [1.54, 1.807) is 32.0 Å². The SMILES string of the molecule is CCOC(=O)C1=C(COC(=O)C2=NN(c3ccc(C)c(Cl)c3)C(=O)CC2)NC(=O)N[C@@H]1CC. The molecule has 11 heteroatoms. The number of carbonyl (C=O) groups excluding carboxylic acids is 4. The second kappa shape index (κ2) is 10.5. The van der Waals surface area contributed by atoms with Gasteiger partial charge in [0.1, 0.15) is 12.3 Å². The molecule has 2 N–H and O–H groups in total. The fourth-order valence-corrected chi connectivity index (χ4v) is 3.59. The highest BCUT2D eigenvalue weighted by Crippen LogP contribution is 2.26. The highest BCUT2D eigenvalue weighted by Gasteiger charge is 2.33. The molecule has 0 saturated carbocycles. The topological polar surface area (TPSA) is 126 Å². The van der Waals surface area contributed by atoms with E-state index in [-0.39, 0.29) is 48.9 Å². The summed E-state index contributed by atoms with van der Waals surface area (Å²) in [5.74, 6) is -1.65. The lowest BCUT2D eigenvalue weighted by Crippen LogP contribution is -2.51. The number of hydrogen-bond acceptors (Lipinski definition) is 7. The number of ether oxygens (including phenoxy) is 2. The molecule has 0 radical (unpaired) electrons. The Bertz CT molecular complexity index is 1050. The molecule has 0 unspecified atom stereocenters. The number of hydrazone groups is 1. The van der Waals surface area contributed by atoms with Gasteiger partial charge >= 0.3 is 18.0 Å². The van der Waals surface area contributed by atoms with E-state index in [1.807, 2.05) is 6.92 Å². The van der Waals surface area contributed by atoms with Crippen molar-refractivity contribution < 1.29 is 28.7 Å². The normalized spacial score (nSPS) is 18.4. The van der Waals surface area contributed by atoms with Gasteiger partial charge in [-0.05, 0) is 38.0 Å². The quantitative estimate of drug-likeness (QED) is 0.582. The van der Waals surface area contributed by atoms with Crippen LogP contribution in [0.25, 0.3) is 0 Å². The number of esters is 2. The van der Waals surface area contributed by atoms with Crippen LogP contribution in [0, 0.1) is 6.92 Å². The summed E-state index contributed by atoms with van der Waals surface area (Å²) < 4.78 is 10.4. The Labute approximate surface area is 195 Å². The lowest BCUT2D eigenvalue weighted by atomic mass is 10.0. The van der Waals surface area contributed by atoms with Gasteiger partial charge in [0.25, 0.3) is 0 Å². The van der Waals surface area contributed by atoms with Crippen molar-refractivity contribution in [3.63, 3.8) is 0 Å². The van der Waals surface area contributed by atoms with Crippen LogP contribution in [-0.4, -0.2) is 48.8 Å². The maximum atomic E-state index is 12.7. The number of urea groups is 1. The Kier molecular flexibility index (Phi) is 7.70. The Hall–Kier alpha value is -3.40. The number of carbonyl (C=O) groups is 4. The summed E-state index contributed by atoms with van der Waals surface area (Å²) in [5, 5.41) is 10.9. The molecule has 0 saturated heterocycles. The summed E-state index contributed by atoms with van der Waals surface area (Å²) in [4.78, 5) is 49.5. The maximum Gasteiger partial charge on any atom is 0.354 e. The molecular formula is C22H25ClN4O6. The van der Waals surface area contributed by atoms with E-state index < -0.39 is 24.0 Å². The summed E-state index contributed by atoms with van der Waals surface area (Å²) in [5.41, 5.74) is 1.66. The average Bonchev–Trinajstić information content (AvgIpc) is 2.79. The first kappa shape index (κ1) is 24.2. The van der Waals surface area contributed by atoms with Crippen molar-refractivity contribution in [1.82, 2.24) is 10.6 Å². The first-order chi connectivity index (χ1) is 15.7. The number of nitrogens with one attached hydrogen (secondary N) is 2. The van der Waals surface area contributed by atoms with Gasteiger partial charge in [-0.15, -0.1) is 0 Å². The molecule has 176 valence electrons. The summed E-state index contributed by atoms with van der Waals surface area (Å²) in [6.07, 6.45) is 0.611. The summed E-state index contributed by atoms with van der Waals surface area (Å²) in [6, 6.07) is 3.95. The minimum absolute atomic E-state index is 0.0388. The van der Waals surface area contributed by atoms with E-state index in [9.17, 15) is 19.2 Å². The summed E-state index contributed by atoms with van der Waals surface area (Å²) >= 11 is 6.15. The van der Waals surface area contributed by atoms with Crippen LogP contribution in [0.4, 0.5) is 10.5 Å². The molecule has 1 atom stereocenters. The van der Waals surface area contributed by atoms with Gasteiger partial charge in [0.15, 0.2) is 0 Å². The molecule has 0 aromatic heterocycles. The summed E-state index contributed by atoms with van der Waals surface area (Å²) in [7, 11) is 0. The number of amides is 3. The number of halogens is 1. The van der Waals surface area contributed by atoms with Gasteiger partial charge in [-0.2, -0.15) is 5.10 Å². The van der Waals surface area contributed by atoms with Gasteiger partial charge in [0, 0.05) is 17.9 Å². The van der Waals surface area contributed by atoms with E-state index in [2.05, 4.69) is 15.7 Å². The van der Waals surface area contributed by atoms with Crippen molar-refractivity contribution in [3.8, 4) is 0 Å². The standard InChI is InChI=1S/C22H25ClN4O6/c1-4-15-19(21(30)32-5-2)17(25-22(31)24-15)11-33-20(29)16-8-9-18(28)27(26-16)13-7-6-12(3)14(23)10-13/h6-7,10,15H,4-5,8-9,11H2,1-3H3,(H2,24,25,31)/t15-/m1/s1. The van der Waals surface area contributed by atoms with E-state index in [0.717, 1.165) is 10.6 Å². The largest absolute Gasteiger partial charge is 0.463 e. The van der Waals surface area contributed by atoms with Crippen molar-refractivity contribution in [1.29, 1.82) is 0 Å². The molecule has 0 bridgehead atoms. The molecule has 10 nitrogen and oxygen atoms in total. The highest BCUT2D eigenvalue weighted by molar-refractivity contribution is 6.38. The lowest BCUT2D eigenvalue weighted by Gasteiger charge is -2.28. The monoisotopic (exact) mass is 476 g/mol. The molecular weight excluding hydrogens is 452 g/mol. The van der Waals surface area contributed by atoms with Crippen LogP contribution in [0.2, 0.25) is 5.02 Å². The van der Waals surface area contributed by atoms with Gasteiger partial charge in [0.2, 0.25) is 5.91 Å². The van der Waals surface area contributed by atoms with Gasteiger partial charge < -0.3 is 20.1 Å². The van der Waals surface area contributed by atoms with Crippen molar-refractivity contribution in [2.45, 2.75) is 46.1 Å². The number of rotatable bonds is 7. The third kappa shape index (κ3) is 5.51. The fourth-order valence-electron chi connectivity index (χ4n) is 3.41. The third-order valence-electron chi connectivity index (χ3n) is 5.16. The molecule has 0 aliphatic carbocycles. The second-order valence-corrected chi connectivity index (χ2v) is 7.84. The van der Waals surface area contributed by atoms with Gasteiger partial charge in [-0.25, -0.2) is 19.4 Å². The van der Waals surface area contributed by atoms with Crippen LogP contribution in [0.5, 0.6) is 0 Å². The Morgan fingerprint density at radius 2 is 1.94 bits per heavy atom. The number of anilines is 1. The predicted molar refractivity (Wildman–Crippen MR) is 121 cm³/mol. The predicted octanol–water partition coefficient (Wildman–Crippen LogP) is 2.58. The van der Waals surface area contributed by atoms with Gasteiger partial charge in [0.05, 0.1) is 29.6 Å². The van der Waals surface area contributed by atoms with Crippen LogP contribution in [0.1, 0.15) is 38.7 Å². The van der Waals surface area contributed by atoms with E-state index in [4.69, 9.17) is 21.1 Å². The summed E-state index contributed by atoms with van der Waals surface area (Å²) in [6.45, 7) is 5.10. The third-order valence-corrected chi connectivity index (χ3v) is 5.57. The average molecular weight is 477 g/mol. The minimum Gasteiger partial charge on any atom is -0.463 e. The first-order valence-electron chi connectivity index (χ1n) is 10.6. The van der Waals surface area contributed by atoms with E-state index in [0.29, 0.717) is 17.1 Å². The Balaban J connectivity index is 1.80. The van der Waals surface area contributed by atoms with Crippen molar-refractivity contribution in [2.24, 2.45) is 5.10 Å². The molecule has 1 aromatic rings. The zero-order valence-electron chi connectivity index (χ0n) is 18.6. The van der Waals surface area contributed by atoms with Crippen LogP contribution in [0.3, 0.4) is 0 Å².